The Balaban J connectivity index is 2.19. The molecular weight excluding hydrogens is 136 g/mol. The van der Waals surface area contributed by atoms with Crippen molar-refractivity contribution in [2.75, 3.05) is 6.54 Å². The highest BCUT2D eigenvalue weighted by atomic mass is 16.7. The molecule has 1 aliphatic rings. The van der Waals surface area contributed by atoms with Gasteiger partial charge in [-0.3, -0.25) is 5.43 Å². The number of nitrogens with one attached hydrogen (secondary N) is 2. The highest BCUT2D eigenvalue weighted by molar-refractivity contribution is 5.56. The summed E-state index contributed by atoms with van der Waals surface area (Å²) in [6, 6.07) is 0. The summed E-state index contributed by atoms with van der Waals surface area (Å²) in [5, 5.41) is 8.18. The molecule has 5 nitrogen and oxygen atoms in total. The van der Waals surface area contributed by atoms with E-state index in [-0.39, 0.29) is 6.23 Å². The smallest absolute Gasteiger partial charge is 0.450 e. The second-order valence-corrected chi connectivity index (χ2v) is 2.09. The van der Waals surface area contributed by atoms with Crippen LogP contribution in [-0.4, -0.2) is 24.0 Å². The number of ether oxygens (including phenoxy) is 1. The van der Waals surface area contributed by atoms with Crippen LogP contribution < -0.4 is 10.9 Å². The first-order valence-corrected chi connectivity index (χ1v) is 3.17. The van der Waals surface area contributed by atoms with Crippen molar-refractivity contribution >= 4 is 6.16 Å². The van der Waals surface area contributed by atoms with Crippen LogP contribution in [0, 0.1) is 0 Å². The van der Waals surface area contributed by atoms with E-state index in [2.05, 4.69) is 15.6 Å². The molecule has 0 aliphatic carbocycles. The van der Waals surface area contributed by atoms with Crippen molar-refractivity contribution in [1.29, 1.82) is 0 Å². The van der Waals surface area contributed by atoms with Gasteiger partial charge in [0.15, 0.2) is 6.23 Å². The molecule has 1 rings (SSSR count). The highest BCUT2D eigenvalue weighted by Crippen LogP contribution is 2.01. The Kier molecular flexibility index (Phi) is 2.47. The SMILES string of the molecule is O=C(O)O[C@H]1CCCNN1. The van der Waals surface area contributed by atoms with E-state index in [1.165, 1.54) is 0 Å². The zero-order chi connectivity index (χ0) is 7.40. The Morgan fingerprint density at radius 3 is 3.00 bits per heavy atom. The van der Waals surface area contributed by atoms with Crippen LogP contribution in [0.3, 0.4) is 0 Å². The van der Waals surface area contributed by atoms with Gasteiger partial charge in [0.25, 0.3) is 0 Å². The fraction of sp³-hybridized carbons (Fsp3) is 0.800. The van der Waals surface area contributed by atoms with Gasteiger partial charge in [-0.25, -0.2) is 10.2 Å². The second kappa shape index (κ2) is 3.38. The average Bonchev–Trinajstić information content (AvgIpc) is 1.88. The van der Waals surface area contributed by atoms with Crippen molar-refractivity contribution in [2.45, 2.75) is 19.1 Å². The summed E-state index contributed by atoms with van der Waals surface area (Å²) < 4.78 is 4.43. The highest BCUT2D eigenvalue weighted by Gasteiger charge is 2.15. The Hall–Kier alpha value is -0.810. The molecule has 0 spiro atoms. The van der Waals surface area contributed by atoms with E-state index < -0.39 is 6.16 Å². The maximum atomic E-state index is 9.98. The number of carbonyl (C=O) groups is 1. The van der Waals surface area contributed by atoms with Crippen molar-refractivity contribution < 1.29 is 14.6 Å². The quantitative estimate of drug-likeness (QED) is 0.450. The first kappa shape index (κ1) is 7.30. The van der Waals surface area contributed by atoms with E-state index in [0.29, 0.717) is 0 Å². The minimum atomic E-state index is -1.23. The summed E-state index contributed by atoms with van der Waals surface area (Å²) in [4.78, 5) is 9.98. The molecule has 0 aromatic carbocycles. The molecule has 0 unspecified atom stereocenters. The van der Waals surface area contributed by atoms with Crippen LogP contribution in [0.1, 0.15) is 12.8 Å². The number of rotatable bonds is 1. The molecule has 1 fully saturated rings. The third kappa shape index (κ3) is 2.20. The lowest BCUT2D eigenvalue weighted by molar-refractivity contribution is 0.0156. The van der Waals surface area contributed by atoms with Crippen LogP contribution in [0.2, 0.25) is 0 Å². The third-order valence-electron chi connectivity index (χ3n) is 1.27. The maximum Gasteiger partial charge on any atom is 0.507 e. The summed E-state index contributed by atoms with van der Waals surface area (Å²) in [7, 11) is 0. The van der Waals surface area contributed by atoms with E-state index >= 15 is 0 Å². The van der Waals surface area contributed by atoms with Crippen LogP contribution in [0.4, 0.5) is 4.79 Å². The molecular formula is C5H10N2O3. The Labute approximate surface area is 58.3 Å². The molecule has 0 radical (unpaired) electrons. The zero-order valence-electron chi connectivity index (χ0n) is 5.46. The third-order valence-corrected chi connectivity index (χ3v) is 1.27. The largest absolute Gasteiger partial charge is 0.507 e. The molecule has 0 amide bonds. The van der Waals surface area contributed by atoms with Gasteiger partial charge < -0.3 is 9.84 Å². The Morgan fingerprint density at radius 2 is 2.50 bits per heavy atom. The molecule has 5 heteroatoms. The molecule has 1 heterocycles. The summed E-state index contributed by atoms with van der Waals surface area (Å²) >= 11 is 0. The number of hydrazine groups is 1. The molecule has 1 aliphatic heterocycles. The monoisotopic (exact) mass is 146 g/mol. The maximum absolute atomic E-state index is 9.98. The standard InChI is InChI=1S/C5H10N2O3/c8-5(9)10-4-2-1-3-6-7-4/h4,6-7H,1-3H2,(H,8,9)/t4-/m0/s1. The Bertz CT molecular complexity index is 122. The van der Waals surface area contributed by atoms with Gasteiger partial charge in [0, 0.05) is 13.0 Å². The molecule has 0 aromatic heterocycles. The van der Waals surface area contributed by atoms with Gasteiger partial charge in [0.05, 0.1) is 0 Å². The number of carboxylic acid groups (broad SMARTS) is 1. The lowest BCUT2D eigenvalue weighted by Crippen LogP contribution is -2.47. The zero-order valence-corrected chi connectivity index (χ0v) is 5.46. The molecule has 3 N–H and O–H groups in total. The van der Waals surface area contributed by atoms with E-state index in [1.54, 1.807) is 0 Å². The van der Waals surface area contributed by atoms with Gasteiger partial charge in [-0.2, -0.15) is 0 Å². The summed E-state index contributed by atoms with van der Waals surface area (Å²) in [6.45, 7) is 0.861. The average molecular weight is 146 g/mol. The molecule has 10 heavy (non-hydrogen) atoms. The summed E-state index contributed by atoms with van der Waals surface area (Å²) in [5.41, 5.74) is 5.50. The van der Waals surface area contributed by atoms with Crippen molar-refractivity contribution in [2.24, 2.45) is 0 Å². The van der Waals surface area contributed by atoms with Gasteiger partial charge in [-0.1, -0.05) is 0 Å². The molecule has 1 atom stereocenters. The van der Waals surface area contributed by atoms with Crippen molar-refractivity contribution in [3.8, 4) is 0 Å². The van der Waals surface area contributed by atoms with Crippen LogP contribution in [-0.2, 0) is 4.74 Å². The fourth-order valence-electron chi connectivity index (χ4n) is 0.844. The minimum Gasteiger partial charge on any atom is -0.450 e. The summed E-state index contributed by atoms with van der Waals surface area (Å²) in [6.07, 6.45) is 0.0528. The molecule has 0 bridgehead atoms. The van der Waals surface area contributed by atoms with Gasteiger partial charge >= 0.3 is 6.16 Å². The van der Waals surface area contributed by atoms with Gasteiger partial charge in [-0.05, 0) is 6.42 Å². The van der Waals surface area contributed by atoms with E-state index in [1.807, 2.05) is 0 Å². The van der Waals surface area contributed by atoms with Crippen LogP contribution in [0.15, 0.2) is 0 Å². The predicted octanol–water partition coefficient (Wildman–Crippen LogP) is -0.105. The second-order valence-electron chi connectivity index (χ2n) is 2.09. The van der Waals surface area contributed by atoms with Crippen molar-refractivity contribution in [1.82, 2.24) is 10.9 Å². The Morgan fingerprint density at radius 1 is 1.70 bits per heavy atom. The van der Waals surface area contributed by atoms with E-state index in [4.69, 9.17) is 5.11 Å². The molecule has 0 aromatic rings. The first-order chi connectivity index (χ1) is 4.79. The van der Waals surface area contributed by atoms with Crippen LogP contribution in [0.5, 0.6) is 0 Å². The summed E-state index contributed by atoms with van der Waals surface area (Å²) in [5.74, 6) is 0. The van der Waals surface area contributed by atoms with Crippen molar-refractivity contribution in [3.63, 3.8) is 0 Å². The minimum absolute atomic E-state index is 0.383. The number of hydrogen-bond donors (Lipinski definition) is 3. The fourth-order valence-corrected chi connectivity index (χ4v) is 0.844. The molecule has 0 saturated carbocycles. The molecule has 1 saturated heterocycles. The lowest BCUT2D eigenvalue weighted by Gasteiger charge is -2.22. The van der Waals surface area contributed by atoms with Crippen LogP contribution in [0.25, 0.3) is 0 Å². The lowest BCUT2D eigenvalue weighted by atomic mass is 10.2. The van der Waals surface area contributed by atoms with Gasteiger partial charge in [-0.15, -0.1) is 0 Å². The first-order valence-electron chi connectivity index (χ1n) is 3.17. The van der Waals surface area contributed by atoms with Gasteiger partial charge in [0.1, 0.15) is 0 Å². The van der Waals surface area contributed by atoms with Crippen molar-refractivity contribution in [3.05, 3.63) is 0 Å². The van der Waals surface area contributed by atoms with Gasteiger partial charge in [0.2, 0.25) is 0 Å². The molecule has 58 valence electrons. The van der Waals surface area contributed by atoms with E-state index in [9.17, 15) is 4.79 Å². The predicted molar refractivity (Wildman–Crippen MR) is 33.3 cm³/mol. The van der Waals surface area contributed by atoms with Crippen LogP contribution >= 0.6 is 0 Å². The number of hydrogen-bond acceptors (Lipinski definition) is 4. The van der Waals surface area contributed by atoms with E-state index in [0.717, 1.165) is 19.4 Å². The normalized spacial score (nSPS) is 25.8. The topological polar surface area (TPSA) is 70.6 Å².